The summed E-state index contributed by atoms with van der Waals surface area (Å²) in [4.78, 5) is 22.3. The molecule has 4 heterocycles. The van der Waals surface area contributed by atoms with Gasteiger partial charge in [-0.15, -0.1) is 0 Å². The molecule has 0 aliphatic carbocycles. The molecule has 0 atom stereocenters. The Morgan fingerprint density at radius 3 is 2.12 bits per heavy atom. The van der Waals surface area contributed by atoms with Crippen molar-refractivity contribution < 1.29 is 0 Å². The highest BCUT2D eigenvalue weighted by molar-refractivity contribution is 5.47. The molecule has 3 aromatic heterocycles. The van der Waals surface area contributed by atoms with Gasteiger partial charge in [-0.05, 0) is 26.8 Å². The highest BCUT2D eigenvalue weighted by Gasteiger charge is 2.20. The van der Waals surface area contributed by atoms with Crippen LogP contribution in [0, 0.1) is 20.8 Å². The summed E-state index contributed by atoms with van der Waals surface area (Å²) in [7, 11) is 0. The van der Waals surface area contributed by atoms with E-state index in [1.54, 1.807) is 12.4 Å². The molecular formula is C18H22N8. The second-order valence-electron chi connectivity index (χ2n) is 6.51. The molecule has 0 spiro atoms. The van der Waals surface area contributed by atoms with E-state index in [1.165, 1.54) is 0 Å². The van der Waals surface area contributed by atoms with Crippen molar-refractivity contribution in [3.05, 3.63) is 47.9 Å². The molecule has 134 valence electrons. The Labute approximate surface area is 152 Å². The van der Waals surface area contributed by atoms with Gasteiger partial charge in [0.05, 0.1) is 11.9 Å². The molecule has 0 saturated carbocycles. The minimum atomic E-state index is 0.751. The Morgan fingerprint density at radius 1 is 0.808 bits per heavy atom. The zero-order valence-electron chi connectivity index (χ0n) is 15.3. The summed E-state index contributed by atoms with van der Waals surface area (Å²) in [6, 6.07) is 4.07. The van der Waals surface area contributed by atoms with Crippen molar-refractivity contribution in [2.45, 2.75) is 20.8 Å². The van der Waals surface area contributed by atoms with Crippen LogP contribution in [-0.4, -0.2) is 55.9 Å². The number of nitrogens with zero attached hydrogens (tertiary/aromatic N) is 8. The third-order valence-electron chi connectivity index (χ3n) is 4.51. The Kier molecular flexibility index (Phi) is 4.24. The first-order valence-corrected chi connectivity index (χ1v) is 8.75. The molecule has 1 aliphatic heterocycles. The maximum absolute atomic E-state index is 4.64. The van der Waals surface area contributed by atoms with Gasteiger partial charge in [0.2, 0.25) is 0 Å². The molecule has 0 radical (unpaired) electrons. The minimum Gasteiger partial charge on any atom is -0.353 e. The fraction of sp³-hybridized carbons (Fsp3) is 0.389. The van der Waals surface area contributed by atoms with E-state index in [2.05, 4.69) is 40.9 Å². The summed E-state index contributed by atoms with van der Waals surface area (Å²) in [5, 5.41) is 4.54. The smallest absolute Gasteiger partial charge is 0.159 e. The fourth-order valence-corrected chi connectivity index (χ4v) is 3.29. The van der Waals surface area contributed by atoms with Crippen molar-refractivity contribution in [2.75, 3.05) is 36.0 Å². The molecule has 4 rings (SSSR count). The van der Waals surface area contributed by atoms with Crippen molar-refractivity contribution in [1.29, 1.82) is 0 Å². The lowest BCUT2D eigenvalue weighted by atomic mass is 10.3. The number of piperazine rings is 1. The van der Waals surface area contributed by atoms with E-state index >= 15 is 0 Å². The molecule has 0 aromatic carbocycles. The van der Waals surface area contributed by atoms with Crippen molar-refractivity contribution in [1.82, 2.24) is 29.7 Å². The number of hydrogen-bond acceptors (Lipinski definition) is 7. The van der Waals surface area contributed by atoms with Crippen LogP contribution in [0.15, 0.2) is 30.7 Å². The fourth-order valence-electron chi connectivity index (χ4n) is 3.29. The zero-order valence-corrected chi connectivity index (χ0v) is 15.3. The monoisotopic (exact) mass is 350 g/mol. The number of anilines is 2. The Bertz CT molecular complexity index is 897. The number of rotatable bonds is 3. The van der Waals surface area contributed by atoms with Crippen molar-refractivity contribution >= 4 is 11.6 Å². The van der Waals surface area contributed by atoms with E-state index in [-0.39, 0.29) is 0 Å². The van der Waals surface area contributed by atoms with Crippen LogP contribution in [0.5, 0.6) is 0 Å². The first kappa shape index (κ1) is 16.4. The predicted octanol–water partition coefficient (Wildman–Crippen LogP) is 1.70. The molecule has 1 aliphatic rings. The van der Waals surface area contributed by atoms with E-state index in [0.29, 0.717) is 0 Å². The zero-order chi connectivity index (χ0) is 18.1. The van der Waals surface area contributed by atoms with Gasteiger partial charge in [-0.3, -0.25) is 4.98 Å². The Morgan fingerprint density at radius 2 is 1.50 bits per heavy atom. The third-order valence-corrected chi connectivity index (χ3v) is 4.51. The molecule has 26 heavy (non-hydrogen) atoms. The van der Waals surface area contributed by atoms with Crippen molar-refractivity contribution in [3.8, 4) is 5.82 Å². The molecule has 3 aromatic rings. The standard InChI is InChI=1S/C18H22N8/c1-13-10-14(2)26(23-13)17-11-16(21-15(3)22-17)24-6-8-25(9-7-24)18-12-19-4-5-20-18/h4-5,10-12H,6-9H2,1-3H3. The topological polar surface area (TPSA) is 75.9 Å². The van der Waals surface area contributed by atoms with E-state index < -0.39 is 0 Å². The maximum atomic E-state index is 4.64. The highest BCUT2D eigenvalue weighted by atomic mass is 15.3. The maximum Gasteiger partial charge on any atom is 0.159 e. The van der Waals surface area contributed by atoms with Crippen LogP contribution in [-0.2, 0) is 0 Å². The molecule has 8 nitrogen and oxygen atoms in total. The van der Waals surface area contributed by atoms with Gasteiger partial charge in [-0.25, -0.2) is 19.6 Å². The lowest BCUT2D eigenvalue weighted by Gasteiger charge is -2.36. The van der Waals surface area contributed by atoms with Crippen molar-refractivity contribution in [3.63, 3.8) is 0 Å². The number of aryl methyl sites for hydroxylation is 3. The van der Waals surface area contributed by atoms with Gasteiger partial charge in [-0.1, -0.05) is 0 Å². The quantitative estimate of drug-likeness (QED) is 0.711. The van der Waals surface area contributed by atoms with Crippen molar-refractivity contribution in [2.24, 2.45) is 0 Å². The molecule has 8 heteroatoms. The third kappa shape index (κ3) is 3.22. The van der Waals surface area contributed by atoms with Crippen LogP contribution in [0.2, 0.25) is 0 Å². The first-order valence-electron chi connectivity index (χ1n) is 8.75. The Hall–Kier alpha value is -3.03. The van der Waals surface area contributed by atoms with Crippen LogP contribution in [0.1, 0.15) is 17.2 Å². The summed E-state index contributed by atoms with van der Waals surface area (Å²) < 4.78 is 1.88. The molecule has 0 amide bonds. The van der Waals surface area contributed by atoms with Gasteiger partial charge in [0, 0.05) is 50.3 Å². The summed E-state index contributed by atoms with van der Waals surface area (Å²) >= 11 is 0. The minimum absolute atomic E-state index is 0.751. The van der Waals surface area contributed by atoms with E-state index in [9.17, 15) is 0 Å². The lowest BCUT2D eigenvalue weighted by Crippen LogP contribution is -2.47. The second kappa shape index (κ2) is 6.70. The molecule has 0 bridgehead atoms. The lowest BCUT2D eigenvalue weighted by molar-refractivity contribution is 0.637. The van der Waals surface area contributed by atoms with E-state index in [0.717, 1.165) is 60.8 Å². The van der Waals surface area contributed by atoms with Crippen LogP contribution in [0.3, 0.4) is 0 Å². The van der Waals surface area contributed by atoms with Gasteiger partial charge in [0.25, 0.3) is 0 Å². The predicted molar refractivity (Wildman–Crippen MR) is 99.8 cm³/mol. The summed E-state index contributed by atoms with van der Waals surface area (Å²) in [6.07, 6.45) is 5.24. The summed E-state index contributed by atoms with van der Waals surface area (Å²) in [5.74, 6) is 3.43. The van der Waals surface area contributed by atoms with Crippen LogP contribution in [0.25, 0.3) is 5.82 Å². The Balaban J connectivity index is 1.55. The van der Waals surface area contributed by atoms with Crippen LogP contribution in [0.4, 0.5) is 11.6 Å². The summed E-state index contributed by atoms with van der Waals surface area (Å²) in [6.45, 7) is 9.48. The average molecular weight is 350 g/mol. The molecule has 1 fully saturated rings. The van der Waals surface area contributed by atoms with Gasteiger partial charge < -0.3 is 9.80 Å². The van der Waals surface area contributed by atoms with Gasteiger partial charge in [0.15, 0.2) is 5.82 Å². The van der Waals surface area contributed by atoms with Gasteiger partial charge in [-0.2, -0.15) is 5.10 Å². The normalized spacial score (nSPS) is 14.7. The molecule has 0 unspecified atom stereocenters. The van der Waals surface area contributed by atoms with Gasteiger partial charge >= 0.3 is 0 Å². The number of aromatic nitrogens is 6. The summed E-state index contributed by atoms with van der Waals surface area (Å²) in [5.41, 5.74) is 2.05. The first-order chi connectivity index (χ1) is 12.6. The second-order valence-corrected chi connectivity index (χ2v) is 6.51. The number of hydrogen-bond donors (Lipinski definition) is 0. The molecular weight excluding hydrogens is 328 g/mol. The van der Waals surface area contributed by atoms with Gasteiger partial charge in [0.1, 0.15) is 17.5 Å². The average Bonchev–Trinajstić information content (AvgIpc) is 3.00. The van der Waals surface area contributed by atoms with E-state index in [4.69, 9.17) is 0 Å². The highest BCUT2D eigenvalue weighted by Crippen LogP contribution is 2.20. The van der Waals surface area contributed by atoms with Crippen LogP contribution < -0.4 is 9.80 Å². The van der Waals surface area contributed by atoms with Crippen LogP contribution >= 0.6 is 0 Å². The molecule has 1 saturated heterocycles. The van der Waals surface area contributed by atoms with E-state index in [1.807, 2.05) is 37.7 Å². The largest absolute Gasteiger partial charge is 0.353 e. The SMILES string of the molecule is Cc1cc(C)n(-c2cc(N3CCN(c4cnccn4)CC3)nc(C)n2)n1. The molecule has 0 N–H and O–H groups in total.